The zero-order chi connectivity index (χ0) is 10.3. The van der Waals surface area contributed by atoms with Gasteiger partial charge in [0.15, 0.2) is 0 Å². The molecule has 0 saturated heterocycles. The molecule has 14 heavy (non-hydrogen) atoms. The number of fused-ring (bicyclic) bond motifs is 2. The first-order chi connectivity index (χ1) is 6.55. The Kier molecular flexibility index (Phi) is 2.63. The minimum atomic E-state index is 0.628. The minimum absolute atomic E-state index is 0.628. The molecule has 4 atom stereocenters. The largest absolute Gasteiger partial charge is 0.311 e. The van der Waals surface area contributed by atoms with Gasteiger partial charge < -0.3 is 5.32 Å². The van der Waals surface area contributed by atoms with Crippen LogP contribution in [0.1, 0.15) is 53.4 Å². The molecule has 4 unspecified atom stereocenters. The molecule has 3 rings (SSSR count). The van der Waals surface area contributed by atoms with Crippen molar-refractivity contribution >= 4 is 0 Å². The van der Waals surface area contributed by atoms with E-state index in [0.717, 1.165) is 17.9 Å². The minimum Gasteiger partial charge on any atom is -0.311 e. The third-order valence-corrected chi connectivity index (χ3v) is 4.97. The Morgan fingerprint density at radius 1 is 1.36 bits per heavy atom. The van der Waals surface area contributed by atoms with Gasteiger partial charge in [0.05, 0.1) is 0 Å². The highest BCUT2D eigenvalue weighted by Crippen LogP contribution is 2.59. The van der Waals surface area contributed by atoms with E-state index in [-0.39, 0.29) is 0 Å². The van der Waals surface area contributed by atoms with E-state index < -0.39 is 0 Å². The van der Waals surface area contributed by atoms with Crippen LogP contribution in [-0.2, 0) is 0 Å². The van der Waals surface area contributed by atoms with Crippen LogP contribution >= 0.6 is 0 Å². The molecule has 0 aromatic rings. The molecule has 0 aromatic carbocycles. The first-order valence-electron chi connectivity index (χ1n) is 6.31. The van der Waals surface area contributed by atoms with Crippen molar-refractivity contribution in [3.8, 4) is 0 Å². The van der Waals surface area contributed by atoms with Crippen LogP contribution in [0.25, 0.3) is 0 Å². The summed E-state index contributed by atoms with van der Waals surface area (Å²) in [6.07, 6.45) is 5.62. The normalized spacial score (nSPS) is 41.6. The van der Waals surface area contributed by atoms with E-state index >= 15 is 0 Å². The van der Waals surface area contributed by atoms with E-state index in [1.807, 2.05) is 0 Å². The predicted octanol–water partition coefficient (Wildman–Crippen LogP) is 3.20. The highest BCUT2D eigenvalue weighted by molar-refractivity contribution is 5.06. The van der Waals surface area contributed by atoms with Crippen molar-refractivity contribution in [1.29, 1.82) is 0 Å². The SMILES string of the molecule is CCC(C)NC1CCC2CC1C2(C)C. The van der Waals surface area contributed by atoms with Crippen molar-refractivity contribution in [1.82, 2.24) is 5.32 Å². The lowest BCUT2D eigenvalue weighted by molar-refractivity contribution is -0.0887. The fourth-order valence-corrected chi connectivity index (χ4v) is 3.49. The van der Waals surface area contributed by atoms with Gasteiger partial charge in [-0.15, -0.1) is 0 Å². The number of hydrogen-bond donors (Lipinski definition) is 1. The molecule has 3 aliphatic carbocycles. The summed E-state index contributed by atoms with van der Waals surface area (Å²) in [5.41, 5.74) is 0.628. The van der Waals surface area contributed by atoms with E-state index in [1.165, 1.54) is 25.7 Å². The van der Waals surface area contributed by atoms with Gasteiger partial charge in [0.2, 0.25) is 0 Å². The van der Waals surface area contributed by atoms with Crippen LogP contribution in [0.5, 0.6) is 0 Å². The topological polar surface area (TPSA) is 12.0 Å². The second kappa shape index (κ2) is 3.52. The molecule has 0 heterocycles. The fourth-order valence-electron chi connectivity index (χ4n) is 3.49. The third-order valence-electron chi connectivity index (χ3n) is 4.97. The van der Waals surface area contributed by atoms with Gasteiger partial charge in [-0.25, -0.2) is 0 Å². The van der Waals surface area contributed by atoms with Crippen LogP contribution in [-0.4, -0.2) is 12.1 Å². The van der Waals surface area contributed by atoms with Crippen molar-refractivity contribution in [3.05, 3.63) is 0 Å². The van der Waals surface area contributed by atoms with Gasteiger partial charge in [0.1, 0.15) is 0 Å². The second-order valence-corrected chi connectivity index (χ2v) is 6.02. The monoisotopic (exact) mass is 195 g/mol. The highest BCUT2D eigenvalue weighted by atomic mass is 15.0. The second-order valence-electron chi connectivity index (χ2n) is 6.02. The van der Waals surface area contributed by atoms with Gasteiger partial charge in [-0.1, -0.05) is 20.8 Å². The van der Waals surface area contributed by atoms with Gasteiger partial charge in [-0.2, -0.15) is 0 Å². The molecular formula is C13H25N. The van der Waals surface area contributed by atoms with Crippen molar-refractivity contribution in [2.24, 2.45) is 17.3 Å². The summed E-state index contributed by atoms with van der Waals surface area (Å²) in [7, 11) is 0. The average Bonchev–Trinajstić information content (AvgIpc) is 2.17. The molecule has 0 amide bonds. The molecule has 3 saturated carbocycles. The lowest BCUT2D eigenvalue weighted by atomic mass is 9.47. The third kappa shape index (κ3) is 1.50. The molecular weight excluding hydrogens is 170 g/mol. The maximum absolute atomic E-state index is 3.81. The molecule has 2 bridgehead atoms. The maximum Gasteiger partial charge on any atom is 0.0103 e. The Hall–Kier alpha value is -0.0400. The zero-order valence-corrected chi connectivity index (χ0v) is 10.1. The van der Waals surface area contributed by atoms with Crippen molar-refractivity contribution < 1.29 is 0 Å². The van der Waals surface area contributed by atoms with Crippen LogP contribution in [0.15, 0.2) is 0 Å². The number of rotatable bonds is 3. The van der Waals surface area contributed by atoms with Gasteiger partial charge in [-0.05, 0) is 49.9 Å². The summed E-state index contributed by atoms with van der Waals surface area (Å²) in [4.78, 5) is 0. The van der Waals surface area contributed by atoms with E-state index in [4.69, 9.17) is 0 Å². The summed E-state index contributed by atoms with van der Waals surface area (Å²) in [5.74, 6) is 1.98. The molecule has 3 fully saturated rings. The Bertz CT molecular complexity index is 207. The van der Waals surface area contributed by atoms with Crippen LogP contribution in [0.2, 0.25) is 0 Å². The Morgan fingerprint density at radius 2 is 2.07 bits per heavy atom. The molecule has 1 N–H and O–H groups in total. The lowest BCUT2D eigenvalue weighted by Crippen LogP contribution is -2.59. The highest BCUT2D eigenvalue weighted by Gasteiger charge is 2.54. The first kappa shape index (κ1) is 10.5. The molecule has 0 aliphatic heterocycles. The van der Waals surface area contributed by atoms with E-state index in [2.05, 4.69) is 33.0 Å². The first-order valence-corrected chi connectivity index (χ1v) is 6.31. The smallest absolute Gasteiger partial charge is 0.0103 e. The molecule has 82 valence electrons. The predicted molar refractivity (Wildman–Crippen MR) is 61.3 cm³/mol. The van der Waals surface area contributed by atoms with Gasteiger partial charge in [0, 0.05) is 12.1 Å². The van der Waals surface area contributed by atoms with Crippen LogP contribution in [0, 0.1) is 17.3 Å². The molecule has 1 heteroatoms. The standard InChI is InChI=1S/C13H25N/c1-5-9(2)14-12-7-6-10-8-11(12)13(10,3)4/h9-12,14H,5-8H2,1-4H3. The van der Waals surface area contributed by atoms with Crippen LogP contribution < -0.4 is 5.32 Å². The molecule has 0 spiro atoms. The molecule has 0 radical (unpaired) electrons. The van der Waals surface area contributed by atoms with Crippen molar-refractivity contribution in [2.45, 2.75) is 65.5 Å². The zero-order valence-electron chi connectivity index (χ0n) is 10.1. The Balaban J connectivity index is 1.94. The summed E-state index contributed by atoms with van der Waals surface area (Å²) in [6.45, 7) is 9.53. The van der Waals surface area contributed by atoms with E-state index in [0.29, 0.717) is 11.5 Å². The summed E-state index contributed by atoms with van der Waals surface area (Å²) >= 11 is 0. The van der Waals surface area contributed by atoms with Gasteiger partial charge in [0.25, 0.3) is 0 Å². The average molecular weight is 195 g/mol. The van der Waals surface area contributed by atoms with Crippen LogP contribution in [0.4, 0.5) is 0 Å². The summed E-state index contributed by atoms with van der Waals surface area (Å²) in [6, 6.07) is 1.51. The van der Waals surface area contributed by atoms with Crippen LogP contribution in [0.3, 0.4) is 0 Å². The summed E-state index contributed by atoms with van der Waals surface area (Å²) < 4.78 is 0. The quantitative estimate of drug-likeness (QED) is 0.729. The van der Waals surface area contributed by atoms with E-state index in [1.54, 1.807) is 0 Å². The maximum atomic E-state index is 3.81. The van der Waals surface area contributed by atoms with Crippen molar-refractivity contribution in [2.75, 3.05) is 0 Å². The molecule has 3 aliphatic rings. The molecule has 1 nitrogen and oxygen atoms in total. The van der Waals surface area contributed by atoms with Gasteiger partial charge in [-0.3, -0.25) is 0 Å². The van der Waals surface area contributed by atoms with Crippen molar-refractivity contribution in [3.63, 3.8) is 0 Å². The number of hydrogen-bond acceptors (Lipinski definition) is 1. The Morgan fingerprint density at radius 3 is 2.57 bits per heavy atom. The lowest BCUT2D eigenvalue weighted by Gasteiger charge is -2.60. The fraction of sp³-hybridized carbons (Fsp3) is 1.00. The summed E-state index contributed by atoms with van der Waals surface area (Å²) in [5, 5.41) is 3.81. The Labute approximate surface area is 88.7 Å². The number of nitrogens with one attached hydrogen (secondary N) is 1. The van der Waals surface area contributed by atoms with E-state index in [9.17, 15) is 0 Å². The molecule has 0 aromatic heterocycles. The van der Waals surface area contributed by atoms with Gasteiger partial charge >= 0.3 is 0 Å².